The Labute approximate surface area is 173 Å². The summed E-state index contributed by atoms with van der Waals surface area (Å²) in [5.41, 5.74) is 1.90. The van der Waals surface area contributed by atoms with Crippen molar-refractivity contribution in [1.29, 1.82) is 0 Å². The monoisotopic (exact) mass is 425 g/mol. The minimum absolute atomic E-state index is 0.236. The molecule has 3 N–H and O–H groups in total. The van der Waals surface area contributed by atoms with E-state index in [-0.39, 0.29) is 23.1 Å². The number of fused-ring (bicyclic) bond motifs is 1. The zero-order valence-corrected chi connectivity index (χ0v) is 17.5. The molecule has 2 amide bonds. The second-order valence-electron chi connectivity index (χ2n) is 7.70. The Hall–Kier alpha value is -1.93. The van der Waals surface area contributed by atoms with Crippen molar-refractivity contribution in [3.63, 3.8) is 0 Å². The number of hydrogen-bond acceptors (Lipinski definition) is 5. The highest BCUT2D eigenvalue weighted by Crippen LogP contribution is 2.50. The Balaban J connectivity index is 1.55. The van der Waals surface area contributed by atoms with Crippen LogP contribution in [0.4, 0.5) is 5.69 Å². The first-order valence-corrected chi connectivity index (χ1v) is 10.5. The van der Waals surface area contributed by atoms with E-state index in [1.165, 1.54) is 16.7 Å². The number of carbonyl (C=O) groups is 3. The largest absolute Gasteiger partial charge is 0.480 e. The summed E-state index contributed by atoms with van der Waals surface area (Å²) in [7, 11) is 0. The van der Waals surface area contributed by atoms with Crippen molar-refractivity contribution in [1.82, 2.24) is 10.2 Å². The number of rotatable bonds is 7. The number of carboxylic acids is 1. The number of β-lactam (4-membered cyclic amide) rings is 1. The first kappa shape index (κ1) is 20.8. The van der Waals surface area contributed by atoms with Gasteiger partial charge >= 0.3 is 5.97 Å². The van der Waals surface area contributed by atoms with Gasteiger partial charge < -0.3 is 20.6 Å². The SMILES string of the molecule is CC(CNc1ccc(CCl)cc1)C(=O)NC1C(=O)N2C1SC(C)(C)C2C(=O)O. The summed E-state index contributed by atoms with van der Waals surface area (Å²) in [6.45, 7) is 5.81. The van der Waals surface area contributed by atoms with Crippen LogP contribution >= 0.6 is 23.4 Å². The lowest BCUT2D eigenvalue weighted by atomic mass is 9.95. The Bertz CT molecular complexity index is 786. The van der Waals surface area contributed by atoms with Crippen LogP contribution in [0.25, 0.3) is 0 Å². The van der Waals surface area contributed by atoms with Gasteiger partial charge in [-0.25, -0.2) is 4.79 Å². The van der Waals surface area contributed by atoms with Gasteiger partial charge in [-0.15, -0.1) is 23.4 Å². The highest BCUT2D eigenvalue weighted by molar-refractivity contribution is 8.01. The molecule has 3 rings (SSSR count). The van der Waals surface area contributed by atoms with Gasteiger partial charge in [-0.2, -0.15) is 0 Å². The van der Waals surface area contributed by atoms with Crippen molar-refractivity contribution in [2.75, 3.05) is 11.9 Å². The van der Waals surface area contributed by atoms with E-state index in [0.717, 1.165) is 11.3 Å². The molecule has 0 spiro atoms. The molecule has 0 radical (unpaired) electrons. The number of thioether (sulfide) groups is 1. The Morgan fingerprint density at radius 2 is 1.96 bits per heavy atom. The third-order valence-corrected chi connectivity index (χ3v) is 7.02. The van der Waals surface area contributed by atoms with Crippen LogP contribution in [-0.4, -0.2) is 56.5 Å². The lowest BCUT2D eigenvalue weighted by Gasteiger charge is -2.43. The van der Waals surface area contributed by atoms with Crippen LogP contribution in [0.15, 0.2) is 24.3 Å². The summed E-state index contributed by atoms with van der Waals surface area (Å²) in [5.74, 6) is -1.50. The highest BCUT2D eigenvalue weighted by atomic mass is 35.5. The van der Waals surface area contributed by atoms with Gasteiger partial charge in [-0.1, -0.05) is 19.1 Å². The normalized spacial score (nSPS) is 26.2. The number of nitrogens with zero attached hydrogens (tertiary/aromatic N) is 1. The number of hydrogen-bond donors (Lipinski definition) is 3. The highest BCUT2D eigenvalue weighted by Gasteiger charge is 2.64. The van der Waals surface area contributed by atoms with Gasteiger partial charge in [0, 0.05) is 22.9 Å². The van der Waals surface area contributed by atoms with Crippen LogP contribution in [0.1, 0.15) is 26.3 Å². The van der Waals surface area contributed by atoms with Crippen LogP contribution in [0.3, 0.4) is 0 Å². The van der Waals surface area contributed by atoms with Crippen molar-refractivity contribution in [3.8, 4) is 0 Å². The molecular weight excluding hydrogens is 402 g/mol. The van der Waals surface area contributed by atoms with Crippen LogP contribution in [0, 0.1) is 5.92 Å². The molecule has 0 bridgehead atoms. The third-order valence-electron chi connectivity index (χ3n) is 5.14. The van der Waals surface area contributed by atoms with E-state index < -0.39 is 22.8 Å². The molecule has 152 valence electrons. The Morgan fingerprint density at radius 3 is 2.54 bits per heavy atom. The average Bonchev–Trinajstić information content (AvgIpc) is 2.92. The van der Waals surface area contributed by atoms with E-state index in [1.54, 1.807) is 6.92 Å². The molecule has 2 aliphatic rings. The minimum Gasteiger partial charge on any atom is -0.480 e. The molecular formula is C19H24ClN3O4S. The van der Waals surface area contributed by atoms with Crippen molar-refractivity contribution in [2.24, 2.45) is 5.92 Å². The van der Waals surface area contributed by atoms with Gasteiger partial charge in [-0.3, -0.25) is 9.59 Å². The Kier molecular flexibility index (Phi) is 5.82. The number of aliphatic carboxylic acids is 1. The van der Waals surface area contributed by atoms with Gasteiger partial charge in [-0.05, 0) is 31.5 Å². The predicted molar refractivity (Wildman–Crippen MR) is 109 cm³/mol. The smallest absolute Gasteiger partial charge is 0.327 e. The third kappa shape index (κ3) is 3.80. The van der Waals surface area contributed by atoms with E-state index in [2.05, 4.69) is 10.6 Å². The molecule has 7 nitrogen and oxygen atoms in total. The molecule has 4 unspecified atom stereocenters. The quantitative estimate of drug-likeness (QED) is 0.457. The van der Waals surface area contributed by atoms with Gasteiger partial charge in [0.25, 0.3) is 0 Å². The second-order valence-corrected chi connectivity index (χ2v) is 9.74. The van der Waals surface area contributed by atoms with Crippen LogP contribution in [0.2, 0.25) is 0 Å². The average molecular weight is 426 g/mol. The molecule has 1 aromatic rings. The van der Waals surface area contributed by atoms with E-state index in [9.17, 15) is 19.5 Å². The van der Waals surface area contributed by atoms with E-state index in [0.29, 0.717) is 12.4 Å². The van der Waals surface area contributed by atoms with Gasteiger partial charge in [0.2, 0.25) is 11.8 Å². The summed E-state index contributed by atoms with van der Waals surface area (Å²) in [6, 6.07) is 6.08. The predicted octanol–water partition coefficient (Wildman–Crippen LogP) is 2.11. The molecule has 1 aromatic carbocycles. The van der Waals surface area contributed by atoms with Gasteiger partial charge in [0.1, 0.15) is 17.5 Å². The first-order valence-electron chi connectivity index (χ1n) is 9.07. The van der Waals surface area contributed by atoms with E-state index in [4.69, 9.17) is 11.6 Å². The topological polar surface area (TPSA) is 98.7 Å². The van der Waals surface area contributed by atoms with Crippen molar-refractivity contribution in [3.05, 3.63) is 29.8 Å². The molecule has 9 heteroatoms. The summed E-state index contributed by atoms with van der Waals surface area (Å²) < 4.78 is -0.603. The van der Waals surface area contributed by atoms with Crippen molar-refractivity contribution >= 4 is 46.8 Å². The van der Waals surface area contributed by atoms with Crippen LogP contribution in [-0.2, 0) is 20.3 Å². The lowest BCUT2D eigenvalue weighted by Crippen LogP contribution is -2.71. The summed E-state index contributed by atoms with van der Waals surface area (Å²) >= 11 is 7.19. The number of nitrogens with one attached hydrogen (secondary N) is 2. The van der Waals surface area contributed by atoms with Crippen LogP contribution in [0.5, 0.6) is 0 Å². The number of halogens is 1. The zero-order chi connectivity index (χ0) is 20.6. The number of carboxylic acid groups (broad SMARTS) is 1. The number of carbonyl (C=O) groups excluding carboxylic acids is 2. The summed E-state index contributed by atoms with van der Waals surface area (Å²) in [4.78, 5) is 37.9. The maximum Gasteiger partial charge on any atom is 0.327 e. The van der Waals surface area contributed by atoms with E-state index >= 15 is 0 Å². The van der Waals surface area contributed by atoms with Crippen LogP contribution < -0.4 is 10.6 Å². The number of benzene rings is 1. The lowest BCUT2D eigenvalue weighted by molar-refractivity contribution is -0.161. The molecule has 2 fully saturated rings. The maximum absolute atomic E-state index is 12.5. The molecule has 0 saturated carbocycles. The second kappa shape index (κ2) is 7.83. The number of anilines is 1. The molecule has 2 heterocycles. The number of alkyl halides is 1. The molecule has 0 aliphatic carbocycles. The fourth-order valence-electron chi connectivity index (χ4n) is 3.52. The van der Waals surface area contributed by atoms with Crippen molar-refractivity contribution < 1.29 is 19.5 Å². The first-order chi connectivity index (χ1) is 13.2. The summed E-state index contributed by atoms with van der Waals surface area (Å²) in [6.07, 6.45) is 0. The molecule has 2 aliphatic heterocycles. The van der Waals surface area contributed by atoms with Crippen molar-refractivity contribution in [2.45, 2.75) is 48.9 Å². The maximum atomic E-state index is 12.5. The molecule has 4 atom stereocenters. The van der Waals surface area contributed by atoms with Gasteiger partial charge in [0.15, 0.2) is 0 Å². The molecule has 28 heavy (non-hydrogen) atoms. The molecule has 0 aromatic heterocycles. The number of amides is 2. The fourth-order valence-corrected chi connectivity index (χ4v) is 5.32. The fraction of sp³-hybridized carbons (Fsp3) is 0.526. The van der Waals surface area contributed by atoms with Gasteiger partial charge in [0.05, 0.1) is 5.92 Å². The Morgan fingerprint density at radius 1 is 1.32 bits per heavy atom. The summed E-state index contributed by atoms with van der Waals surface area (Å²) in [5, 5.41) is 15.1. The van der Waals surface area contributed by atoms with E-state index in [1.807, 2.05) is 38.1 Å². The molecule has 2 saturated heterocycles. The standard InChI is InChI=1S/C19H24ClN3O4S/c1-10(9-21-12-6-4-11(8-20)5-7-12)15(24)22-13-16(25)23-14(18(26)27)19(2,3)28-17(13)23/h4-7,10,13-14,17,21H,8-9H2,1-3H3,(H,22,24)(H,26,27). The zero-order valence-electron chi connectivity index (χ0n) is 15.9. The minimum atomic E-state index is -1.02.